The Kier molecular flexibility index (Phi) is 6.50. The largest absolute Gasteiger partial charge is 0.490 e. The maximum Gasteiger partial charge on any atom is 0.124 e. The van der Waals surface area contributed by atoms with Crippen molar-refractivity contribution in [3.8, 4) is 5.75 Å². The fraction of sp³-hybridized carbons (Fsp3) is 0.667. The third-order valence-corrected chi connectivity index (χ3v) is 4.31. The molecule has 21 heavy (non-hydrogen) atoms. The third-order valence-electron chi connectivity index (χ3n) is 4.31. The van der Waals surface area contributed by atoms with Crippen LogP contribution >= 0.6 is 0 Å². The van der Waals surface area contributed by atoms with Gasteiger partial charge >= 0.3 is 0 Å². The van der Waals surface area contributed by atoms with Gasteiger partial charge in [-0.25, -0.2) is 4.39 Å². The van der Waals surface area contributed by atoms with Crippen LogP contribution in [0, 0.1) is 5.82 Å². The zero-order valence-electron chi connectivity index (χ0n) is 13.1. The van der Waals surface area contributed by atoms with Crippen molar-refractivity contribution in [3.05, 3.63) is 29.6 Å². The monoisotopic (exact) mass is 293 g/mol. The second-order valence-electron chi connectivity index (χ2n) is 6.17. The number of ether oxygens (including phenoxy) is 1. The molecule has 0 aromatic heterocycles. The lowest BCUT2D eigenvalue weighted by atomic mass is 9.94. The molecular weight excluding hydrogens is 265 g/mol. The van der Waals surface area contributed by atoms with Gasteiger partial charge in [-0.05, 0) is 31.0 Å². The Morgan fingerprint density at radius 1 is 1.14 bits per heavy atom. The molecule has 1 aromatic rings. The fourth-order valence-electron chi connectivity index (χ4n) is 3.06. The van der Waals surface area contributed by atoms with Gasteiger partial charge in [0.2, 0.25) is 0 Å². The van der Waals surface area contributed by atoms with Crippen LogP contribution in [0.3, 0.4) is 0 Å². The quantitative estimate of drug-likeness (QED) is 0.675. The van der Waals surface area contributed by atoms with Crippen molar-refractivity contribution < 1.29 is 9.13 Å². The predicted octanol–water partition coefficient (Wildman–Crippen LogP) is 5.12. The highest BCUT2D eigenvalue weighted by atomic mass is 19.1. The Hall–Kier alpha value is -1.09. The van der Waals surface area contributed by atoms with Crippen LogP contribution < -0.4 is 10.5 Å². The van der Waals surface area contributed by atoms with Crippen LogP contribution in [0.5, 0.6) is 5.75 Å². The molecule has 3 heteroatoms. The fourth-order valence-corrected chi connectivity index (χ4v) is 3.06. The molecule has 0 saturated heterocycles. The van der Waals surface area contributed by atoms with E-state index in [1.807, 2.05) is 0 Å². The lowest BCUT2D eigenvalue weighted by molar-refractivity contribution is 0.146. The second kappa shape index (κ2) is 8.38. The van der Waals surface area contributed by atoms with Crippen LogP contribution in [0.15, 0.2) is 18.2 Å². The second-order valence-corrected chi connectivity index (χ2v) is 6.17. The summed E-state index contributed by atoms with van der Waals surface area (Å²) in [6, 6.07) is 4.56. The first-order chi connectivity index (χ1) is 10.2. The van der Waals surface area contributed by atoms with Crippen molar-refractivity contribution in [1.82, 2.24) is 0 Å². The van der Waals surface area contributed by atoms with E-state index in [9.17, 15) is 4.39 Å². The molecule has 2 atom stereocenters. The minimum atomic E-state index is -0.238. The summed E-state index contributed by atoms with van der Waals surface area (Å²) in [5.41, 5.74) is 6.96. The molecule has 0 spiro atoms. The first-order valence-corrected chi connectivity index (χ1v) is 8.42. The van der Waals surface area contributed by atoms with Crippen LogP contribution in [-0.4, -0.2) is 6.10 Å². The molecule has 2 nitrogen and oxygen atoms in total. The Morgan fingerprint density at radius 2 is 1.86 bits per heavy atom. The highest BCUT2D eigenvalue weighted by molar-refractivity contribution is 5.38. The van der Waals surface area contributed by atoms with E-state index in [0.29, 0.717) is 0 Å². The molecule has 1 aliphatic rings. The number of hydrogen-bond acceptors (Lipinski definition) is 2. The highest BCUT2D eigenvalue weighted by Crippen LogP contribution is 2.35. The molecule has 0 saturated carbocycles. The Bertz CT molecular complexity index is 435. The summed E-state index contributed by atoms with van der Waals surface area (Å²) in [6.45, 7) is 2.24. The molecule has 2 rings (SSSR count). The molecular formula is C18H28FNO. The van der Waals surface area contributed by atoms with Gasteiger partial charge in [0.15, 0.2) is 0 Å². The number of fused-ring (bicyclic) bond motifs is 1. The smallest absolute Gasteiger partial charge is 0.124 e. The summed E-state index contributed by atoms with van der Waals surface area (Å²) in [5, 5.41) is 0. The molecule has 0 fully saturated rings. The molecule has 1 aliphatic heterocycles. The van der Waals surface area contributed by atoms with Gasteiger partial charge in [-0.1, -0.05) is 45.4 Å². The minimum absolute atomic E-state index is 0.0981. The van der Waals surface area contributed by atoms with Crippen LogP contribution in [0.25, 0.3) is 0 Å². The summed E-state index contributed by atoms with van der Waals surface area (Å²) in [5.74, 6) is 0.529. The van der Waals surface area contributed by atoms with Crippen LogP contribution in [0.2, 0.25) is 0 Å². The Morgan fingerprint density at radius 3 is 2.62 bits per heavy atom. The van der Waals surface area contributed by atoms with Gasteiger partial charge in [0, 0.05) is 18.0 Å². The number of hydrogen-bond donors (Lipinski definition) is 1. The highest BCUT2D eigenvalue weighted by Gasteiger charge is 2.25. The minimum Gasteiger partial charge on any atom is -0.490 e. The van der Waals surface area contributed by atoms with E-state index in [4.69, 9.17) is 10.5 Å². The first-order valence-electron chi connectivity index (χ1n) is 8.42. The van der Waals surface area contributed by atoms with E-state index in [2.05, 4.69) is 6.92 Å². The van der Waals surface area contributed by atoms with Crippen molar-refractivity contribution in [2.24, 2.45) is 5.73 Å². The molecule has 118 valence electrons. The molecule has 2 N–H and O–H groups in total. The molecule has 1 aromatic carbocycles. The SMILES string of the molecule is CCCCCCCCCC1C[C@@H](N)c2cc(F)ccc2O1. The van der Waals surface area contributed by atoms with Crippen LogP contribution in [0.4, 0.5) is 4.39 Å². The molecule has 0 aliphatic carbocycles. The zero-order valence-corrected chi connectivity index (χ0v) is 13.1. The number of rotatable bonds is 8. The maximum atomic E-state index is 13.2. The zero-order chi connectivity index (χ0) is 15.1. The van der Waals surface area contributed by atoms with Gasteiger partial charge in [0.05, 0.1) is 0 Å². The van der Waals surface area contributed by atoms with Crippen molar-refractivity contribution in [1.29, 1.82) is 0 Å². The Balaban J connectivity index is 1.70. The van der Waals surface area contributed by atoms with E-state index >= 15 is 0 Å². The molecule has 0 radical (unpaired) electrons. The predicted molar refractivity (Wildman–Crippen MR) is 85.0 cm³/mol. The molecule has 0 bridgehead atoms. The van der Waals surface area contributed by atoms with Gasteiger partial charge in [-0.3, -0.25) is 0 Å². The average Bonchev–Trinajstić information content (AvgIpc) is 2.47. The van der Waals surface area contributed by atoms with Crippen molar-refractivity contribution in [3.63, 3.8) is 0 Å². The topological polar surface area (TPSA) is 35.2 Å². The molecule has 1 unspecified atom stereocenters. The standard InChI is InChI=1S/C18H28FNO/c1-2-3-4-5-6-7-8-9-15-13-17(20)16-12-14(19)10-11-18(16)21-15/h10-12,15,17H,2-9,13,20H2,1H3/t15?,17-/m1/s1. The van der Waals surface area contributed by atoms with Gasteiger partial charge in [0.25, 0.3) is 0 Å². The van der Waals surface area contributed by atoms with Gasteiger partial charge in [-0.15, -0.1) is 0 Å². The van der Waals surface area contributed by atoms with Crippen molar-refractivity contribution >= 4 is 0 Å². The number of nitrogens with two attached hydrogens (primary N) is 1. The van der Waals surface area contributed by atoms with Gasteiger partial charge < -0.3 is 10.5 Å². The van der Waals surface area contributed by atoms with Crippen LogP contribution in [0.1, 0.15) is 76.3 Å². The normalized spacial score (nSPS) is 20.9. The number of unbranched alkanes of at least 4 members (excludes halogenated alkanes) is 6. The summed E-state index contributed by atoms with van der Waals surface area (Å²) in [4.78, 5) is 0. The maximum absolute atomic E-state index is 13.2. The van der Waals surface area contributed by atoms with Crippen molar-refractivity contribution in [2.45, 2.75) is 76.9 Å². The van der Waals surface area contributed by atoms with Crippen LogP contribution in [-0.2, 0) is 0 Å². The average molecular weight is 293 g/mol. The van der Waals surface area contributed by atoms with Crippen molar-refractivity contribution in [2.75, 3.05) is 0 Å². The third kappa shape index (κ3) is 4.99. The van der Waals surface area contributed by atoms with E-state index in [1.165, 1.54) is 57.1 Å². The summed E-state index contributed by atoms with van der Waals surface area (Å²) < 4.78 is 19.2. The summed E-state index contributed by atoms with van der Waals surface area (Å²) in [6.07, 6.45) is 11.2. The Labute approximate surface area is 127 Å². The van der Waals surface area contributed by atoms with E-state index in [1.54, 1.807) is 6.07 Å². The number of benzene rings is 1. The lowest BCUT2D eigenvalue weighted by Crippen LogP contribution is -2.29. The first kappa shape index (κ1) is 16.3. The van der Waals surface area contributed by atoms with E-state index < -0.39 is 0 Å². The summed E-state index contributed by atoms with van der Waals surface area (Å²) in [7, 11) is 0. The van der Waals surface area contributed by atoms with E-state index in [-0.39, 0.29) is 18.0 Å². The van der Waals surface area contributed by atoms with Gasteiger partial charge in [0.1, 0.15) is 17.7 Å². The summed E-state index contributed by atoms with van der Waals surface area (Å²) >= 11 is 0. The molecule has 1 heterocycles. The van der Waals surface area contributed by atoms with E-state index in [0.717, 1.165) is 24.2 Å². The lowest BCUT2D eigenvalue weighted by Gasteiger charge is -2.30. The molecule has 0 amide bonds. The van der Waals surface area contributed by atoms with Gasteiger partial charge in [-0.2, -0.15) is 0 Å². The number of halogens is 1.